The van der Waals surface area contributed by atoms with Crippen LogP contribution in [0, 0.1) is 11.8 Å². The summed E-state index contributed by atoms with van der Waals surface area (Å²) >= 11 is 6.09. The second-order valence-electron chi connectivity index (χ2n) is 6.72. The maximum atomic E-state index is 12.4. The monoisotopic (exact) mass is 370 g/mol. The Hall–Kier alpha value is -2.33. The highest BCUT2D eigenvalue weighted by Crippen LogP contribution is 2.30. The van der Waals surface area contributed by atoms with Crippen LogP contribution in [0.5, 0.6) is 0 Å². The van der Waals surface area contributed by atoms with Gasteiger partial charge in [-0.3, -0.25) is 9.59 Å². The van der Waals surface area contributed by atoms with Crippen molar-refractivity contribution in [1.82, 2.24) is 5.32 Å². The highest BCUT2D eigenvalue weighted by atomic mass is 35.5. The Morgan fingerprint density at radius 1 is 0.846 bits per heavy atom. The van der Waals surface area contributed by atoms with Crippen LogP contribution in [0.15, 0.2) is 54.6 Å². The molecule has 0 spiro atoms. The lowest BCUT2D eigenvalue weighted by atomic mass is 9.81. The van der Waals surface area contributed by atoms with Crippen LogP contribution in [0.1, 0.15) is 31.2 Å². The minimum Gasteiger partial charge on any atom is -0.352 e. The smallest absolute Gasteiger partial charge is 0.227 e. The number of anilines is 1. The third-order valence-corrected chi connectivity index (χ3v) is 5.24. The summed E-state index contributed by atoms with van der Waals surface area (Å²) in [4.78, 5) is 24.8. The molecule has 4 nitrogen and oxygen atoms in total. The van der Waals surface area contributed by atoms with Gasteiger partial charge in [-0.25, -0.2) is 0 Å². The van der Waals surface area contributed by atoms with Gasteiger partial charge in [0.1, 0.15) is 0 Å². The fraction of sp³-hybridized carbons (Fsp3) is 0.333. The topological polar surface area (TPSA) is 58.2 Å². The largest absolute Gasteiger partial charge is 0.352 e. The van der Waals surface area contributed by atoms with Crippen molar-refractivity contribution < 1.29 is 9.59 Å². The molecule has 0 heterocycles. The first-order valence-corrected chi connectivity index (χ1v) is 9.38. The molecule has 0 radical (unpaired) electrons. The normalized spacial score (nSPS) is 19.6. The van der Waals surface area contributed by atoms with Gasteiger partial charge in [0.2, 0.25) is 11.8 Å². The Morgan fingerprint density at radius 2 is 1.42 bits per heavy atom. The van der Waals surface area contributed by atoms with Crippen molar-refractivity contribution in [3.05, 3.63) is 65.2 Å². The zero-order valence-electron chi connectivity index (χ0n) is 14.6. The molecule has 0 unspecified atom stereocenters. The van der Waals surface area contributed by atoms with E-state index < -0.39 is 0 Å². The second-order valence-corrected chi connectivity index (χ2v) is 7.13. The van der Waals surface area contributed by atoms with Crippen LogP contribution in [-0.4, -0.2) is 11.8 Å². The molecule has 0 bridgehead atoms. The van der Waals surface area contributed by atoms with Crippen LogP contribution in [0.3, 0.4) is 0 Å². The van der Waals surface area contributed by atoms with Gasteiger partial charge in [0.25, 0.3) is 0 Å². The quantitative estimate of drug-likeness (QED) is 0.819. The van der Waals surface area contributed by atoms with E-state index in [-0.39, 0.29) is 23.7 Å². The van der Waals surface area contributed by atoms with Gasteiger partial charge in [-0.15, -0.1) is 0 Å². The first kappa shape index (κ1) is 18.5. The van der Waals surface area contributed by atoms with Crippen LogP contribution in [-0.2, 0) is 16.1 Å². The Bertz CT molecular complexity index is 756. The van der Waals surface area contributed by atoms with Gasteiger partial charge in [0, 0.05) is 18.4 Å². The molecule has 136 valence electrons. The lowest BCUT2D eigenvalue weighted by Crippen LogP contribution is -2.35. The van der Waals surface area contributed by atoms with Crippen LogP contribution in [0.25, 0.3) is 0 Å². The van der Waals surface area contributed by atoms with E-state index in [2.05, 4.69) is 10.6 Å². The Kier molecular flexibility index (Phi) is 6.29. The number of nitrogens with one attached hydrogen (secondary N) is 2. The summed E-state index contributed by atoms with van der Waals surface area (Å²) in [6, 6.07) is 17.1. The van der Waals surface area contributed by atoms with E-state index in [1.165, 1.54) is 0 Å². The number of hydrogen-bond donors (Lipinski definition) is 2. The molecular formula is C21H23ClN2O2. The first-order valence-electron chi connectivity index (χ1n) is 9.00. The number of rotatable bonds is 5. The van der Waals surface area contributed by atoms with Gasteiger partial charge in [-0.2, -0.15) is 0 Å². The molecule has 2 N–H and O–H groups in total. The predicted octanol–water partition coefficient (Wildman–Crippen LogP) is 4.40. The number of carbonyl (C=O) groups is 2. The molecule has 2 aromatic rings. The van der Waals surface area contributed by atoms with Crippen molar-refractivity contribution in [2.45, 2.75) is 32.2 Å². The third kappa shape index (κ3) is 4.85. The highest BCUT2D eigenvalue weighted by molar-refractivity contribution is 6.33. The maximum absolute atomic E-state index is 12.4. The minimum absolute atomic E-state index is 0.0110. The molecule has 1 aliphatic rings. The zero-order valence-corrected chi connectivity index (χ0v) is 15.3. The number of para-hydroxylation sites is 1. The standard InChI is InChI=1S/C21H23ClN2O2/c22-18-8-4-5-9-19(18)24-21(26)17-12-10-16(11-13-17)20(25)23-14-15-6-2-1-3-7-15/h1-9,16-17H,10-14H2,(H,23,25)(H,24,26). The fourth-order valence-electron chi connectivity index (χ4n) is 3.34. The van der Waals surface area contributed by atoms with Crippen LogP contribution >= 0.6 is 11.6 Å². The Labute approximate surface area is 158 Å². The van der Waals surface area contributed by atoms with E-state index in [4.69, 9.17) is 11.6 Å². The zero-order chi connectivity index (χ0) is 18.4. The lowest BCUT2D eigenvalue weighted by Gasteiger charge is -2.27. The molecular weight excluding hydrogens is 348 g/mol. The van der Waals surface area contributed by atoms with Crippen LogP contribution in [0.2, 0.25) is 5.02 Å². The molecule has 0 saturated heterocycles. The lowest BCUT2D eigenvalue weighted by molar-refractivity contribution is -0.128. The summed E-state index contributed by atoms with van der Waals surface area (Å²) < 4.78 is 0. The Morgan fingerprint density at radius 3 is 2.08 bits per heavy atom. The second kappa shape index (κ2) is 8.86. The molecule has 0 aromatic heterocycles. The first-order chi connectivity index (χ1) is 12.6. The van der Waals surface area contributed by atoms with Crippen molar-refractivity contribution in [2.24, 2.45) is 11.8 Å². The summed E-state index contributed by atoms with van der Waals surface area (Å²) in [5, 5.41) is 6.44. The summed E-state index contributed by atoms with van der Waals surface area (Å²) in [5.74, 6) is -0.00687. The number of carbonyl (C=O) groups excluding carboxylic acids is 2. The van der Waals surface area contributed by atoms with E-state index in [9.17, 15) is 9.59 Å². The van der Waals surface area contributed by atoms with Crippen molar-refractivity contribution >= 4 is 29.1 Å². The summed E-state index contributed by atoms with van der Waals surface area (Å²) in [5.41, 5.74) is 1.73. The number of amides is 2. The van der Waals surface area contributed by atoms with Gasteiger partial charge < -0.3 is 10.6 Å². The van der Waals surface area contributed by atoms with Crippen molar-refractivity contribution in [3.63, 3.8) is 0 Å². The van der Waals surface area contributed by atoms with Gasteiger partial charge in [-0.1, -0.05) is 54.1 Å². The number of hydrogen-bond acceptors (Lipinski definition) is 2. The van der Waals surface area contributed by atoms with E-state index in [0.717, 1.165) is 31.2 Å². The van der Waals surface area contributed by atoms with Gasteiger partial charge in [0.15, 0.2) is 0 Å². The van der Waals surface area contributed by atoms with Gasteiger partial charge in [-0.05, 0) is 43.4 Å². The van der Waals surface area contributed by atoms with Crippen LogP contribution in [0.4, 0.5) is 5.69 Å². The summed E-state index contributed by atoms with van der Waals surface area (Å²) in [7, 11) is 0. The molecule has 5 heteroatoms. The SMILES string of the molecule is O=C(NCc1ccccc1)C1CCC(C(=O)Nc2ccccc2Cl)CC1. The maximum Gasteiger partial charge on any atom is 0.227 e. The minimum atomic E-state index is -0.0653. The molecule has 1 fully saturated rings. The summed E-state index contributed by atoms with van der Waals surface area (Å²) in [6.07, 6.45) is 2.92. The van der Waals surface area contributed by atoms with E-state index in [0.29, 0.717) is 17.3 Å². The van der Waals surface area contributed by atoms with E-state index in [1.807, 2.05) is 42.5 Å². The average molecular weight is 371 g/mol. The van der Waals surface area contributed by atoms with Crippen molar-refractivity contribution in [2.75, 3.05) is 5.32 Å². The van der Waals surface area contributed by atoms with Crippen LogP contribution < -0.4 is 10.6 Å². The van der Waals surface area contributed by atoms with Gasteiger partial charge in [0.05, 0.1) is 10.7 Å². The molecule has 2 amide bonds. The van der Waals surface area contributed by atoms with Crippen molar-refractivity contribution in [3.8, 4) is 0 Å². The third-order valence-electron chi connectivity index (χ3n) is 4.91. The molecule has 0 atom stereocenters. The number of halogens is 1. The average Bonchev–Trinajstić information content (AvgIpc) is 2.69. The predicted molar refractivity (Wildman–Crippen MR) is 104 cm³/mol. The van der Waals surface area contributed by atoms with Crippen molar-refractivity contribution in [1.29, 1.82) is 0 Å². The molecule has 1 aliphatic carbocycles. The molecule has 26 heavy (non-hydrogen) atoms. The Balaban J connectivity index is 1.45. The van der Waals surface area contributed by atoms with E-state index >= 15 is 0 Å². The summed E-state index contributed by atoms with van der Waals surface area (Å²) in [6.45, 7) is 0.548. The molecule has 0 aliphatic heterocycles. The number of benzene rings is 2. The molecule has 1 saturated carbocycles. The fourth-order valence-corrected chi connectivity index (χ4v) is 3.53. The van der Waals surface area contributed by atoms with Gasteiger partial charge >= 0.3 is 0 Å². The molecule has 2 aromatic carbocycles. The highest BCUT2D eigenvalue weighted by Gasteiger charge is 2.30. The van der Waals surface area contributed by atoms with E-state index in [1.54, 1.807) is 12.1 Å². The molecule has 3 rings (SSSR count).